The summed E-state index contributed by atoms with van der Waals surface area (Å²) < 4.78 is 0. The van der Waals surface area contributed by atoms with E-state index in [0.717, 1.165) is 5.92 Å². The Morgan fingerprint density at radius 1 is 1.67 bits per heavy atom. The fourth-order valence-electron chi connectivity index (χ4n) is 2.70. The van der Waals surface area contributed by atoms with Crippen LogP contribution in [-0.2, 0) is 0 Å². The van der Waals surface area contributed by atoms with Gasteiger partial charge in [-0.15, -0.1) is 0 Å². The molecule has 0 saturated heterocycles. The summed E-state index contributed by atoms with van der Waals surface area (Å²) in [5, 5.41) is 8.88. The summed E-state index contributed by atoms with van der Waals surface area (Å²) in [5.41, 5.74) is 0.578. The van der Waals surface area contributed by atoms with Crippen molar-refractivity contribution in [3.05, 3.63) is 0 Å². The molecular weight excluding hydrogens is 112 g/mol. The molecule has 2 aliphatic rings. The fourth-order valence-corrected chi connectivity index (χ4v) is 2.70. The lowest BCUT2D eigenvalue weighted by atomic mass is 10.0. The van der Waals surface area contributed by atoms with Crippen LogP contribution in [0.1, 0.15) is 26.2 Å². The minimum Gasteiger partial charge on any atom is -0.396 e. The third-order valence-corrected chi connectivity index (χ3v) is 3.50. The number of aliphatic hydroxyl groups is 1. The standard InChI is InChI=1S/C8H14O/c1-8-4-2-3-6(8)7(8)5-9/h6-7,9H,2-5H2,1H3. The van der Waals surface area contributed by atoms with Gasteiger partial charge in [-0.3, -0.25) is 0 Å². The molecule has 0 amide bonds. The van der Waals surface area contributed by atoms with Gasteiger partial charge >= 0.3 is 0 Å². The molecule has 2 aliphatic carbocycles. The van der Waals surface area contributed by atoms with Crippen molar-refractivity contribution in [2.75, 3.05) is 6.61 Å². The summed E-state index contributed by atoms with van der Waals surface area (Å²) in [4.78, 5) is 0. The molecule has 0 aromatic heterocycles. The summed E-state index contributed by atoms with van der Waals surface area (Å²) in [6.45, 7) is 2.76. The third-order valence-electron chi connectivity index (χ3n) is 3.50. The average Bonchev–Trinajstić information content (AvgIpc) is 2.16. The van der Waals surface area contributed by atoms with Gasteiger partial charge in [0.1, 0.15) is 0 Å². The smallest absolute Gasteiger partial charge is 0.0467 e. The van der Waals surface area contributed by atoms with Crippen molar-refractivity contribution in [3.63, 3.8) is 0 Å². The Bertz CT molecular complexity index is 127. The van der Waals surface area contributed by atoms with Crippen LogP contribution >= 0.6 is 0 Å². The highest BCUT2D eigenvalue weighted by molar-refractivity contribution is 5.10. The molecule has 1 nitrogen and oxygen atoms in total. The third kappa shape index (κ3) is 0.536. The molecule has 2 rings (SSSR count). The van der Waals surface area contributed by atoms with E-state index in [1.165, 1.54) is 19.3 Å². The summed E-state index contributed by atoms with van der Waals surface area (Å²) in [6, 6.07) is 0. The first-order chi connectivity index (χ1) is 4.29. The maximum atomic E-state index is 8.88. The van der Waals surface area contributed by atoms with E-state index >= 15 is 0 Å². The molecule has 3 atom stereocenters. The van der Waals surface area contributed by atoms with Gasteiger partial charge < -0.3 is 5.11 Å². The predicted molar refractivity (Wildman–Crippen MR) is 36.0 cm³/mol. The molecule has 0 spiro atoms. The molecule has 0 aromatic rings. The van der Waals surface area contributed by atoms with Crippen LogP contribution < -0.4 is 0 Å². The topological polar surface area (TPSA) is 20.2 Å². The van der Waals surface area contributed by atoms with Gasteiger partial charge in [-0.25, -0.2) is 0 Å². The van der Waals surface area contributed by atoms with Crippen LogP contribution in [0.3, 0.4) is 0 Å². The molecule has 2 fully saturated rings. The van der Waals surface area contributed by atoms with Gasteiger partial charge in [-0.1, -0.05) is 13.3 Å². The second kappa shape index (κ2) is 1.51. The molecule has 1 heteroatoms. The lowest BCUT2D eigenvalue weighted by Gasteiger charge is -2.03. The van der Waals surface area contributed by atoms with E-state index in [2.05, 4.69) is 6.92 Å². The Hall–Kier alpha value is -0.0400. The van der Waals surface area contributed by atoms with E-state index in [0.29, 0.717) is 17.9 Å². The first-order valence-corrected chi connectivity index (χ1v) is 3.90. The van der Waals surface area contributed by atoms with Crippen LogP contribution in [0.15, 0.2) is 0 Å². The first-order valence-electron chi connectivity index (χ1n) is 3.90. The minimum absolute atomic E-state index is 0.432. The van der Waals surface area contributed by atoms with Crippen molar-refractivity contribution in [2.24, 2.45) is 17.3 Å². The second-order valence-electron chi connectivity index (χ2n) is 3.79. The molecule has 0 radical (unpaired) electrons. The predicted octanol–water partition coefficient (Wildman–Crippen LogP) is 1.41. The number of hydrogen-bond donors (Lipinski definition) is 1. The van der Waals surface area contributed by atoms with E-state index in [9.17, 15) is 0 Å². The summed E-state index contributed by atoms with van der Waals surface area (Å²) in [6.07, 6.45) is 4.14. The molecule has 2 saturated carbocycles. The average molecular weight is 126 g/mol. The lowest BCUT2D eigenvalue weighted by Crippen LogP contribution is -1.99. The Labute approximate surface area is 56.1 Å². The van der Waals surface area contributed by atoms with Crippen molar-refractivity contribution in [1.82, 2.24) is 0 Å². The maximum Gasteiger partial charge on any atom is 0.0467 e. The van der Waals surface area contributed by atoms with Crippen molar-refractivity contribution in [1.29, 1.82) is 0 Å². The minimum atomic E-state index is 0.432. The quantitative estimate of drug-likeness (QED) is 0.563. The van der Waals surface area contributed by atoms with Gasteiger partial charge in [0.15, 0.2) is 0 Å². The number of aliphatic hydroxyl groups excluding tert-OH is 1. The molecule has 0 heterocycles. The van der Waals surface area contributed by atoms with Crippen LogP contribution in [0.5, 0.6) is 0 Å². The maximum absolute atomic E-state index is 8.88. The van der Waals surface area contributed by atoms with Crippen molar-refractivity contribution < 1.29 is 5.11 Å². The molecule has 52 valence electrons. The van der Waals surface area contributed by atoms with Gasteiger partial charge in [0.25, 0.3) is 0 Å². The van der Waals surface area contributed by atoms with Crippen LogP contribution in [0, 0.1) is 17.3 Å². The van der Waals surface area contributed by atoms with Gasteiger partial charge in [-0.05, 0) is 30.1 Å². The van der Waals surface area contributed by atoms with E-state index in [4.69, 9.17) is 5.11 Å². The molecule has 1 N–H and O–H groups in total. The number of hydrogen-bond acceptors (Lipinski definition) is 1. The van der Waals surface area contributed by atoms with Gasteiger partial charge in [0.2, 0.25) is 0 Å². The first kappa shape index (κ1) is 5.72. The van der Waals surface area contributed by atoms with Crippen LogP contribution in [-0.4, -0.2) is 11.7 Å². The Morgan fingerprint density at radius 2 is 2.44 bits per heavy atom. The number of fused-ring (bicyclic) bond motifs is 1. The van der Waals surface area contributed by atoms with E-state index in [1.807, 2.05) is 0 Å². The monoisotopic (exact) mass is 126 g/mol. The highest BCUT2D eigenvalue weighted by Crippen LogP contribution is 2.67. The van der Waals surface area contributed by atoms with Gasteiger partial charge in [-0.2, -0.15) is 0 Å². The van der Waals surface area contributed by atoms with Crippen molar-refractivity contribution in [2.45, 2.75) is 26.2 Å². The summed E-state index contributed by atoms with van der Waals surface area (Å²) in [7, 11) is 0. The van der Waals surface area contributed by atoms with Crippen LogP contribution in [0.25, 0.3) is 0 Å². The largest absolute Gasteiger partial charge is 0.396 e. The normalized spacial score (nSPS) is 55.3. The lowest BCUT2D eigenvalue weighted by molar-refractivity contribution is 0.243. The highest BCUT2D eigenvalue weighted by atomic mass is 16.3. The van der Waals surface area contributed by atoms with Gasteiger partial charge in [0, 0.05) is 6.61 Å². The van der Waals surface area contributed by atoms with Gasteiger partial charge in [0.05, 0.1) is 0 Å². The zero-order valence-electron chi connectivity index (χ0n) is 5.93. The Morgan fingerprint density at radius 3 is 2.78 bits per heavy atom. The molecule has 0 aromatic carbocycles. The SMILES string of the molecule is CC12CCCC1C2CO. The van der Waals surface area contributed by atoms with E-state index < -0.39 is 0 Å². The van der Waals surface area contributed by atoms with Crippen molar-refractivity contribution >= 4 is 0 Å². The Balaban J connectivity index is 2.08. The zero-order chi connectivity index (χ0) is 6.48. The molecule has 0 bridgehead atoms. The summed E-state index contributed by atoms with van der Waals surface area (Å²) in [5.74, 6) is 1.56. The van der Waals surface area contributed by atoms with Crippen LogP contribution in [0.4, 0.5) is 0 Å². The van der Waals surface area contributed by atoms with Crippen LogP contribution in [0.2, 0.25) is 0 Å². The van der Waals surface area contributed by atoms with E-state index in [1.54, 1.807) is 0 Å². The second-order valence-corrected chi connectivity index (χ2v) is 3.79. The van der Waals surface area contributed by atoms with E-state index in [-0.39, 0.29) is 0 Å². The fraction of sp³-hybridized carbons (Fsp3) is 1.00. The number of rotatable bonds is 1. The molecule has 0 aliphatic heterocycles. The molecule has 3 unspecified atom stereocenters. The van der Waals surface area contributed by atoms with Crippen molar-refractivity contribution in [3.8, 4) is 0 Å². The molecule has 9 heavy (non-hydrogen) atoms. The molecular formula is C8H14O. The zero-order valence-corrected chi connectivity index (χ0v) is 5.93. The summed E-state index contributed by atoms with van der Waals surface area (Å²) >= 11 is 0. The Kier molecular flexibility index (Phi) is 0.963. The highest BCUT2D eigenvalue weighted by Gasteiger charge is 2.62.